The van der Waals surface area contributed by atoms with Gasteiger partial charge in [-0.15, -0.1) is 0 Å². The monoisotopic (exact) mass is 318 g/mol. The average Bonchev–Trinajstić information content (AvgIpc) is 2.59. The number of hydrogen-bond donors (Lipinski definition) is 0. The van der Waals surface area contributed by atoms with Crippen LogP contribution in [0.4, 0.5) is 0 Å². The number of benzene rings is 1. The SMILES string of the molecule is CCCOc1ccc(OCCC[C@H]2CC[C@H](CCC)CC2)cc1. The Hall–Kier alpha value is -1.18. The van der Waals surface area contributed by atoms with Crippen molar-refractivity contribution in [1.29, 1.82) is 0 Å². The highest BCUT2D eigenvalue weighted by Crippen LogP contribution is 2.33. The molecule has 0 unspecified atom stereocenters. The van der Waals surface area contributed by atoms with Crippen LogP contribution in [-0.2, 0) is 0 Å². The van der Waals surface area contributed by atoms with Crippen LogP contribution in [0.15, 0.2) is 24.3 Å². The maximum absolute atomic E-state index is 5.86. The second-order valence-corrected chi connectivity index (χ2v) is 6.99. The van der Waals surface area contributed by atoms with Gasteiger partial charge in [0.2, 0.25) is 0 Å². The molecule has 0 heterocycles. The lowest BCUT2D eigenvalue weighted by Crippen LogP contribution is -2.15. The third kappa shape index (κ3) is 6.85. The van der Waals surface area contributed by atoms with Crippen molar-refractivity contribution in [2.24, 2.45) is 11.8 Å². The van der Waals surface area contributed by atoms with Crippen LogP contribution in [0.1, 0.15) is 71.6 Å². The number of rotatable bonds is 10. The zero-order valence-corrected chi connectivity index (χ0v) is 15.1. The molecule has 0 aliphatic heterocycles. The minimum atomic E-state index is 0.778. The second kappa shape index (κ2) is 10.6. The van der Waals surface area contributed by atoms with Gasteiger partial charge in [-0.05, 0) is 55.4 Å². The van der Waals surface area contributed by atoms with Crippen molar-refractivity contribution in [3.05, 3.63) is 24.3 Å². The van der Waals surface area contributed by atoms with Gasteiger partial charge in [0.1, 0.15) is 11.5 Å². The Bertz CT molecular complexity index is 404. The Kier molecular flexibility index (Phi) is 8.35. The smallest absolute Gasteiger partial charge is 0.119 e. The van der Waals surface area contributed by atoms with E-state index in [1.54, 1.807) is 0 Å². The Morgan fingerprint density at radius 3 is 1.78 bits per heavy atom. The predicted octanol–water partition coefficient (Wildman–Crippen LogP) is 6.24. The molecular formula is C21H34O2. The molecule has 1 saturated carbocycles. The van der Waals surface area contributed by atoms with Gasteiger partial charge in [0.15, 0.2) is 0 Å². The first-order valence-electron chi connectivity index (χ1n) is 9.67. The molecule has 0 atom stereocenters. The predicted molar refractivity (Wildman–Crippen MR) is 97.3 cm³/mol. The summed E-state index contributed by atoms with van der Waals surface area (Å²) in [5.74, 6) is 3.85. The highest BCUT2D eigenvalue weighted by atomic mass is 16.5. The molecule has 0 amide bonds. The molecule has 1 aliphatic carbocycles. The molecule has 2 rings (SSSR count). The van der Waals surface area contributed by atoms with Crippen molar-refractivity contribution in [3.8, 4) is 11.5 Å². The molecule has 130 valence electrons. The summed E-state index contributed by atoms with van der Waals surface area (Å²) in [5.41, 5.74) is 0. The first kappa shape index (κ1) is 18.2. The second-order valence-electron chi connectivity index (χ2n) is 6.99. The molecule has 23 heavy (non-hydrogen) atoms. The molecule has 1 aliphatic rings. The summed E-state index contributed by atoms with van der Waals surface area (Å²) >= 11 is 0. The lowest BCUT2D eigenvalue weighted by Gasteiger charge is -2.28. The molecule has 0 spiro atoms. The Balaban J connectivity index is 1.57. The summed E-state index contributed by atoms with van der Waals surface area (Å²) < 4.78 is 11.4. The number of hydrogen-bond acceptors (Lipinski definition) is 2. The van der Waals surface area contributed by atoms with Gasteiger partial charge in [0.05, 0.1) is 13.2 Å². The minimum absolute atomic E-state index is 0.778. The third-order valence-corrected chi connectivity index (χ3v) is 4.99. The summed E-state index contributed by atoms with van der Waals surface area (Å²) in [7, 11) is 0. The zero-order chi connectivity index (χ0) is 16.3. The maximum atomic E-state index is 5.86. The van der Waals surface area contributed by atoms with Crippen LogP contribution in [0, 0.1) is 11.8 Å². The number of ether oxygens (including phenoxy) is 2. The van der Waals surface area contributed by atoms with Crippen LogP contribution < -0.4 is 9.47 Å². The van der Waals surface area contributed by atoms with Crippen molar-refractivity contribution in [1.82, 2.24) is 0 Å². The van der Waals surface area contributed by atoms with Crippen molar-refractivity contribution in [2.45, 2.75) is 71.6 Å². The van der Waals surface area contributed by atoms with Crippen LogP contribution in [0.3, 0.4) is 0 Å². The van der Waals surface area contributed by atoms with E-state index < -0.39 is 0 Å². The molecule has 0 aromatic heterocycles. The van der Waals surface area contributed by atoms with Gasteiger partial charge in [-0.1, -0.05) is 52.4 Å². The molecule has 0 bridgehead atoms. The van der Waals surface area contributed by atoms with E-state index in [9.17, 15) is 0 Å². The summed E-state index contributed by atoms with van der Waals surface area (Å²) in [6.07, 6.45) is 12.1. The van der Waals surface area contributed by atoms with Gasteiger partial charge in [0, 0.05) is 0 Å². The molecule has 0 radical (unpaired) electrons. The van der Waals surface area contributed by atoms with E-state index in [1.807, 2.05) is 24.3 Å². The largest absolute Gasteiger partial charge is 0.494 e. The van der Waals surface area contributed by atoms with E-state index in [0.717, 1.165) is 43.0 Å². The van der Waals surface area contributed by atoms with E-state index in [2.05, 4.69) is 13.8 Å². The van der Waals surface area contributed by atoms with Gasteiger partial charge >= 0.3 is 0 Å². The summed E-state index contributed by atoms with van der Waals surface area (Å²) in [5, 5.41) is 0. The fraction of sp³-hybridized carbons (Fsp3) is 0.714. The topological polar surface area (TPSA) is 18.5 Å². The molecular weight excluding hydrogens is 284 g/mol. The first-order valence-corrected chi connectivity index (χ1v) is 9.67. The van der Waals surface area contributed by atoms with Gasteiger partial charge in [0.25, 0.3) is 0 Å². The maximum Gasteiger partial charge on any atom is 0.119 e. The van der Waals surface area contributed by atoms with Gasteiger partial charge in [-0.3, -0.25) is 0 Å². The van der Waals surface area contributed by atoms with Crippen LogP contribution in [0.5, 0.6) is 11.5 Å². The minimum Gasteiger partial charge on any atom is -0.494 e. The molecule has 2 nitrogen and oxygen atoms in total. The summed E-state index contributed by atoms with van der Waals surface area (Å²) in [4.78, 5) is 0. The molecule has 2 heteroatoms. The van der Waals surface area contributed by atoms with Gasteiger partial charge in [-0.2, -0.15) is 0 Å². The quantitative estimate of drug-likeness (QED) is 0.475. The molecule has 1 fully saturated rings. The Morgan fingerprint density at radius 1 is 0.739 bits per heavy atom. The zero-order valence-electron chi connectivity index (χ0n) is 15.1. The fourth-order valence-electron chi connectivity index (χ4n) is 3.63. The molecule has 0 saturated heterocycles. The fourth-order valence-corrected chi connectivity index (χ4v) is 3.63. The van der Waals surface area contributed by atoms with E-state index in [1.165, 1.54) is 51.4 Å². The summed E-state index contributed by atoms with van der Waals surface area (Å²) in [6, 6.07) is 8.03. The normalized spacial score (nSPS) is 21.1. The van der Waals surface area contributed by atoms with Crippen LogP contribution >= 0.6 is 0 Å². The Labute approximate surface area is 142 Å². The van der Waals surface area contributed by atoms with Crippen LogP contribution in [-0.4, -0.2) is 13.2 Å². The van der Waals surface area contributed by atoms with Crippen molar-refractivity contribution < 1.29 is 9.47 Å². The first-order chi connectivity index (χ1) is 11.3. The van der Waals surface area contributed by atoms with Crippen LogP contribution in [0.25, 0.3) is 0 Å². The van der Waals surface area contributed by atoms with Crippen molar-refractivity contribution >= 4 is 0 Å². The molecule has 0 N–H and O–H groups in total. The molecule has 1 aromatic carbocycles. The average molecular weight is 319 g/mol. The Morgan fingerprint density at radius 2 is 1.26 bits per heavy atom. The van der Waals surface area contributed by atoms with E-state index >= 15 is 0 Å². The lowest BCUT2D eigenvalue weighted by atomic mass is 9.78. The molecule has 1 aromatic rings. The van der Waals surface area contributed by atoms with E-state index in [-0.39, 0.29) is 0 Å². The van der Waals surface area contributed by atoms with Crippen molar-refractivity contribution in [3.63, 3.8) is 0 Å². The summed E-state index contributed by atoms with van der Waals surface area (Å²) in [6.45, 7) is 6.05. The highest BCUT2D eigenvalue weighted by Gasteiger charge is 2.20. The van der Waals surface area contributed by atoms with Crippen molar-refractivity contribution in [2.75, 3.05) is 13.2 Å². The standard InChI is InChI=1S/C21H34O2/c1-3-6-18-8-10-19(11-9-18)7-5-17-23-21-14-12-20(13-15-21)22-16-4-2/h12-15,18-19H,3-11,16-17H2,1-2H3/t18-,19-. The lowest BCUT2D eigenvalue weighted by molar-refractivity contribution is 0.230. The third-order valence-electron chi connectivity index (χ3n) is 4.99. The highest BCUT2D eigenvalue weighted by molar-refractivity contribution is 5.31. The van der Waals surface area contributed by atoms with Gasteiger partial charge in [-0.25, -0.2) is 0 Å². The van der Waals surface area contributed by atoms with E-state index in [0.29, 0.717) is 0 Å². The van der Waals surface area contributed by atoms with Gasteiger partial charge < -0.3 is 9.47 Å². The van der Waals surface area contributed by atoms with E-state index in [4.69, 9.17) is 9.47 Å². The van der Waals surface area contributed by atoms with Crippen LogP contribution in [0.2, 0.25) is 0 Å².